The van der Waals surface area contributed by atoms with Crippen molar-refractivity contribution in [3.8, 4) is 11.5 Å². The molecule has 0 spiro atoms. The number of allylic oxidation sites excluding steroid dienone is 2. The lowest BCUT2D eigenvalue weighted by molar-refractivity contribution is 0.0637. The zero-order valence-corrected chi connectivity index (χ0v) is 26.9. The van der Waals surface area contributed by atoms with Gasteiger partial charge in [0.1, 0.15) is 11.5 Å². The minimum atomic E-state index is -0.921. The van der Waals surface area contributed by atoms with Gasteiger partial charge >= 0.3 is 0 Å². The van der Waals surface area contributed by atoms with E-state index in [9.17, 15) is 0 Å². The molecule has 5 aromatic carbocycles. The van der Waals surface area contributed by atoms with E-state index in [2.05, 4.69) is 140 Å². The third kappa shape index (κ3) is 5.21. The van der Waals surface area contributed by atoms with Gasteiger partial charge in [-0.25, -0.2) is 0 Å². The minimum Gasteiger partial charge on any atom is -0.458 e. The molecule has 224 valence electrons. The molecule has 8 rings (SSSR count). The summed E-state index contributed by atoms with van der Waals surface area (Å²) < 4.78 is 25.3. The summed E-state index contributed by atoms with van der Waals surface area (Å²) in [6.07, 6.45) is 0.973. The normalized spacial score (nSPS) is 20.2. The van der Waals surface area contributed by atoms with E-state index in [-0.39, 0.29) is 31.1 Å². The average molecular weight is 629 g/mol. The molecule has 4 nitrogen and oxygen atoms in total. The summed E-state index contributed by atoms with van der Waals surface area (Å²) in [5, 5.41) is 6.60. The molecule has 5 aromatic rings. The molecule has 2 aliphatic heterocycles. The first kappa shape index (κ1) is 28.4. The Kier molecular flexibility index (Phi) is 7.79. The van der Waals surface area contributed by atoms with Crippen LogP contribution in [0.25, 0.3) is 0 Å². The van der Waals surface area contributed by atoms with Gasteiger partial charge in [0, 0.05) is 17.1 Å². The van der Waals surface area contributed by atoms with Gasteiger partial charge in [-0.05, 0) is 60.9 Å². The largest absolute Gasteiger partial charge is 0.458 e. The highest BCUT2D eigenvalue weighted by atomic mass is 31.1. The van der Waals surface area contributed by atoms with Gasteiger partial charge in [-0.2, -0.15) is 0 Å². The number of ether oxygens (including phenoxy) is 4. The zero-order valence-electron chi connectivity index (χ0n) is 25.1. The molecule has 3 unspecified atom stereocenters. The number of hydrogen-bond donors (Lipinski definition) is 0. The molecule has 45 heavy (non-hydrogen) atoms. The fourth-order valence-electron chi connectivity index (χ4n) is 7.05. The summed E-state index contributed by atoms with van der Waals surface area (Å²) in [5.74, 6) is 3.75. The summed E-state index contributed by atoms with van der Waals surface area (Å²) in [7, 11) is -1.71. The van der Waals surface area contributed by atoms with Crippen LogP contribution in [0.15, 0.2) is 145 Å². The van der Waals surface area contributed by atoms with Gasteiger partial charge < -0.3 is 18.9 Å². The summed E-state index contributed by atoms with van der Waals surface area (Å²) in [5.41, 5.74) is 1.41. The maximum atomic E-state index is 6.53. The lowest BCUT2D eigenvalue weighted by atomic mass is 9.81. The van der Waals surface area contributed by atoms with E-state index in [1.807, 2.05) is 0 Å². The summed E-state index contributed by atoms with van der Waals surface area (Å²) in [6, 6.07) is 48.3. The van der Waals surface area contributed by atoms with Crippen molar-refractivity contribution in [2.75, 3.05) is 13.6 Å². The Balaban J connectivity index is 1.40. The van der Waals surface area contributed by atoms with Crippen molar-refractivity contribution in [2.45, 2.75) is 24.9 Å². The molecule has 0 saturated heterocycles. The summed E-state index contributed by atoms with van der Waals surface area (Å²) in [4.78, 5) is 0. The molecule has 0 N–H and O–H groups in total. The van der Waals surface area contributed by atoms with E-state index < -0.39 is 15.8 Å². The van der Waals surface area contributed by atoms with Crippen LogP contribution in [0.4, 0.5) is 0 Å². The van der Waals surface area contributed by atoms with Gasteiger partial charge in [-0.3, -0.25) is 0 Å². The van der Waals surface area contributed by atoms with Crippen molar-refractivity contribution in [3.05, 3.63) is 151 Å². The van der Waals surface area contributed by atoms with E-state index in [0.29, 0.717) is 0 Å². The molecule has 2 heterocycles. The SMILES string of the molecule is CC1CC(P(c2ccccc2)c2ccccc2)C(c2c(P(c3ccccc3)c3ccccc3)ccc3c2OCO3)C2=C1OCO2. The third-order valence-electron chi connectivity index (χ3n) is 8.92. The van der Waals surface area contributed by atoms with Crippen molar-refractivity contribution in [1.82, 2.24) is 0 Å². The van der Waals surface area contributed by atoms with Crippen molar-refractivity contribution < 1.29 is 18.9 Å². The van der Waals surface area contributed by atoms with Gasteiger partial charge in [-0.15, -0.1) is 0 Å². The Morgan fingerprint density at radius 2 is 1.04 bits per heavy atom. The van der Waals surface area contributed by atoms with Crippen LogP contribution in [0.1, 0.15) is 24.8 Å². The van der Waals surface area contributed by atoms with E-state index in [4.69, 9.17) is 18.9 Å². The Hall–Kier alpha value is -4.10. The number of hydrogen-bond acceptors (Lipinski definition) is 4. The molecule has 0 aromatic heterocycles. The van der Waals surface area contributed by atoms with Crippen LogP contribution >= 0.6 is 15.8 Å². The first-order chi connectivity index (χ1) is 22.3. The molecular formula is C39H34O4P2. The molecule has 3 aliphatic rings. The second-order valence-electron chi connectivity index (χ2n) is 11.6. The molecule has 0 amide bonds. The second-order valence-corrected chi connectivity index (χ2v) is 16.2. The van der Waals surface area contributed by atoms with Crippen molar-refractivity contribution >= 4 is 42.4 Å². The first-order valence-corrected chi connectivity index (χ1v) is 18.2. The third-order valence-corrected chi connectivity index (χ3v) is 14.3. The zero-order chi connectivity index (χ0) is 30.2. The predicted octanol–water partition coefficient (Wildman–Crippen LogP) is 7.01. The van der Waals surface area contributed by atoms with Gasteiger partial charge in [0.05, 0.1) is 5.92 Å². The molecule has 0 radical (unpaired) electrons. The van der Waals surface area contributed by atoms with Gasteiger partial charge in [-0.1, -0.05) is 128 Å². The molecule has 6 heteroatoms. The van der Waals surface area contributed by atoms with Crippen LogP contribution in [0.2, 0.25) is 0 Å². The Morgan fingerprint density at radius 3 is 1.62 bits per heavy atom. The number of fused-ring (bicyclic) bond motifs is 1. The maximum Gasteiger partial charge on any atom is 0.231 e. The maximum absolute atomic E-state index is 6.53. The molecular weight excluding hydrogens is 594 g/mol. The van der Waals surface area contributed by atoms with E-state index >= 15 is 0 Å². The van der Waals surface area contributed by atoms with E-state index in [1.165, 1.54) is 32.1 Å². The molecule has 1 aliphatic carbocycles. The van der Waals surface area contributed by atoms with Crippen LogP contribution in [-0.2, 0) is 9.47 Å². The number of benzene rings is 5. The van der Waals surface area contributed by atoms with Crippen LogP contribution in [0.5, 0.6) is 11.5 Å². The monoisotopic (exact) mass is 628 g/mol. The highest BCUT2D eigenvalue weighted by molar-refractivity contribution is 7.80. The average Bonchev–Trinajstić information content (AvgIpc) is 3.79. The van der Waals surface area contributed by atoms with E-state index in [1.54, 1.807) is 0 Å². The van der Waals surface area contributed by atoms with Gasteiger partial charge in [0.25, 0.3) is 0 Å². The lowest BCUT2D eigenvalue weighted by Gasteiger charge is -2.41. The smallest absolute Gasteiger partial charge is 0.231 e. The van der Waals surface area contributed by atoms with Crippen molar-refractivity contribution in [1.29, 1.82) is 0 Å². The fraction of sp³-hybridized carbons (Fsp3) is 0.179. The lowest BCUT2D eigenvalue weighted by Crippen LogP contribution is -2.36. The van der Waals surface area contributed by atoms with Crippen molar-refractivity contribution in [2.24, 2.45) is 5.92 Å². The van der Waals surface area contributed by atoms with E-state index in [0.717, 1.165) is 29.4 Å². The quantitative estimate of drug-likeness (QED) is 0.182. The fourth-order valence-corrected chi connectivity index (χ4v) is 12.7. The minimum absolute atomic E-state index is 0.0747. The summed E-state index contributed by atoms with van der Waals surface area (Å²) in [6.45, 7) is 2.75. The van der Waals surface area contributed by atoms with Gasteiger partial charge in [0.2, 0.25) is 13.6 Å². The van der Waals surface area contributed by atoms with Crippen LogP contribution in [0.3, 0.4) is 0 Å². The standard InChI is InChI=1S/C39H34O4P2/c1-27-24-34(45(30-18-10-4-11-19-30)31-20-12-5-13-21-31)36(39-37(27)41-26-43-39)35-33(23-22-32-38(35)42-25-40-32)44(28-14-6-2-7-15-28)29-16-8-3-9-17-29/h2-23,27,34,36H,24-26H2,1H3. The number of rotatable bonds is 7. The first-order valence-electron chi connectivity index (χ1n) is 15.5. The molecule has 0 fully saturated rings. The molecule has 3 atom stereocenters. The van der Waals surface area contributed by atoms with Crippen LogP contribution < -0.4 is 36.0 Å². The van der Waals surface area contributed by atoms with Crippen LogP contribution in [-0.4, -0.2) is 19.2 Å². The van der Waals surface area contributed by atoms with Gasteiger partial charge in [0.15, 0.2) is 11.5 Å². The highest BCUT2D eigenvalue weighted by Gasteiger charge is 2.48. The topological polar surface area (TPSA) is 36.9 Å². The Morgan fingerprint density at radius 1 is 0.533 bits per heavy atom. The Bertz CT molecular complexity index is 1730. The van der Waals surface area contributed by atoms with Crippen molar-refractivity contribution in [3.63, 3.8) is 0 Å². The molecule has 0 bridgehead atoms. The second kappa shape index (κ2) is 12.4. The summed E-state index contributed by atoms with van der Waals surface area (Å²) >= 11 is 0. The van der Waals surface area contributed by atoms with Crippen LogP contribution in [0, 0.1) is 5.92 Å². The Labute approximate surface area is 267 Å². The predicted molar refractivity (Wildman–Crippen MR) is 185 cm³/mol. The highest BCUT2D eigenvalue weighted by Crippen LogP contribution is 2.59. The molecule has 0 saturated carbocycles.